The molecule has 0 fully saturated rings. The van der Waals surface area contributed by atoms with Gasteiger partial charge < -0.3 is 0 Å². The van der Waals surface area contributed by atoms with E-state index in [4.69, 9.17) is 0 Å². The SMILES string of the molecule is Cc1ccc(C(=O)c2cccc(C(F)(F)F)c2)cc1F. The monoisotopic (exact) mass is 282 g/mol. The average molecular weight is 282 g/mol. The van der Waals surface area contributed by atoms with Gasteiger partial charge in [0.15, 0.2) is 5.78 Å². The van der Waals surface area contributed by atoms with Crippen LogP contribution in [-0.4, -0.2) is 5.78 Å². The number of rotatable bonds is 2. The highest BCUT2D eigenvalue weighted by molar-refractivity contribution is 6.09. The highest BCUT2D eigenvalue weighted by atomic mass is 19.4. The van der Waals surface area contributed by atoms with E-state index in [2.05, 4.69) is 0 Å². The summed E-state index contributed by atoms with van der Waals surface area (Å²) in [4.78, 5) is 12.1. The third-order valence-electron chi connectivity index (χ3n) is 2.89. The maximum Gasteiger partial charge on any atom is 0.416 e. The van der Waals surface area contributed by atoms with E-state index < -0.39 is 23.3 Å². The first-order valence-corrected chi connectivity index (χ1v) is 5.77. The van der Waals surface area contributed by atoms with Crippen molar-refractivity contribution >= 4 is 5.78 Å². The Kier molecular flexibility index (Phi) is 3.61. The summed E-state index contributed by atoms with van der Waals surface area (Å²) in [6.45, 7) is 1.54. The number of hydrogen-bond donors (Lipinski definition) is 0. The van der Waals surface area contributed by atoms with Crippen molar-refractivity contribution in [1.82, 2.24) is 0 Å². The predicted octanol–water partition coefficient (Wildman–Crippen LogP) is 4.38. The molecular weight excluding hydrogens is 272 g/mol. The average Bonchev–Trinajstić information content (AvgIpc) is 2.40. The van der Waals surface area contributed by atoms with Gasteiger partial charge in [-0.05, 0) is 30.7 Å². The van der Waals surface area contributed by atoms with Gasteiger partial charge >= 0.3 is 6.18 Å². The molecule has 0 N–H and O–H groups in total. The van der Waals surface area contributed by atoms with Crippen molar-refractivity contribution in [3.63, 3.8) is 0 Å². The van der Waals surface area contributed by atoms with E-state index in [0.717, 1.165) is 24.3 Å². The van der Waals surface area contributed by atoms with Gasteiger partial charge in [0.2, 0.25) is 0 Å². The lowest BCUT2D eigenvalue weighted by atomic mass is 10.00. The fourth-order valence-corrected chi connectivity index (χ4v) is 1.74. The Labute approximate surface area is 112 Å². The van der Waals surface area contributed by atoms with Gasteiger partial charge in [0.1, 0.15) is 5.82 Å². The third-order valence-corrected chi connectivity index (χ3v) is 2.89. The zero-order valence-corrected chi connectivity index (χ0v) is 10.5. The highest BCUT2D eigenvalue weighted by Crippen LogP contribution is 2.30. The fourth-order valence-electron chi connectivity index (χ4n) is 1.74. The quantitative estimate of drug-likeness (QED) is 0.590. The lowest BCUT2D eigenvalue weighted by Gasteiger charge is -2.08. The first-order valence-electron chi connectivity index (χ1n) is 5.77. The smallest absolute Gasteiger partial charge is 0.289 e. The molecular formula is C15H10F4O. The summed E-state index contributed by atoms with van der Waals surface area (Å²) in [6, 6.07) is 7.90. The van der Waals surface area contributed by atoms with Gasteiger partial charge in [-0.2, -0.15) is 13.2 Å². The fraction of sp³-hybridized carbons (Fsp3) is 0.133. The number of carbonyl (C=O) groups excluding carboxylic acids is 1. The first-order chi connectivity index (χ1) is 9.29. The number of alkyl halides is 3. The minimum Gasteiger partial charge on any atom is -0.289 e. The van der Waals surface area contributed by atoms with Gasteiger partial charge in [-0.25, -0.2) is 4.39 Å². The third kappa shape index (κ3) is 2.87. The minimum atomic E-state index is -4.52. The molecule has 0 aliphatic heterocycles. The Morgan fingerprint density at radius 3 is 2.25 bits per heavy atom. The summed E-state index contributed by atoms with van der Waals surface area (Å²) in [5.74, 6) is -1.21. The van der Waals surface area contributed by atoms with Crippen LogP contribution in [0, 0.1) is 12.7 Å². The summed E-state index contributed by atoms with van der Waals surface area (Å²) < 4.78 is 51.1. The second-order valence-corrected chi connectivity index (χ2v) is 4.37. The van der Waals surface area contributed by atoms with Crippen LogP contribution in [-0.2, 0) is 6.18 Å². The first kappa shape index (κ1) is 14.2. The normalized spacial score (nSPS) is 11.4. The molecule has 2 aromatic rings. The molecule has 2 rings (SSSR count). The molecule has 0 saturated carbocycles. The van der Waals surface area contributed by atoms with Crippen LogP contribution >= 0.6 is 0 Å². The molecule has 20 heavy (non-hydrogen) atoms. The van der Waals surface area contributed by atoms with Crippen molar-refractivity contribution in [3.05, 3.63) is 70.5 Å². The van der Waals surface area contributed by atoms with E-state index in [9.17, 15) is 22.4 Å². The van der Waals surface area contributed by atoms with E-state index in [1.54, 1.807) is 0 Å². The number of benzene rings is 2. The zero-order chi connectivity index (χ0) is 14.9. The molecule has 0 heterocycles. The Balaban J connectivity index is 2.41. The van der Waals surface area contributed by atoms with Gasteiger partial charge in [0.05, 0.1) is 5.56 Å². The molecule has 0 amide bonds. The second kappa shape index (κ2) is 5.07. The molecule has 0 aromatic heterocycles. The van der Waals surface area contributed by atoms with E-state index >= 15 is 0 Å². The van der Waals surface area contributed by atoms with Crippen LogP contribution in [0.3, 0.4) is 0 Å². The van der Waals surface area contributed by atoms with Crippen LogP contribution in [0.5, 0.6) is 0 Å². The molecule has 0 spiro atoms. The number of halogens is 4. The van der Waals surface area contributed by atoms with Crippen LogP contribution in [0.1, 0.15) is 27.0 Å². The molecule has 0 aliphatic carbocycles. The maximum atomic E-state index is 13.4. The van der Waals surface area contributed by atoms with Crippen molar-refractivity contribution in [2.45, 2.75) is 13.1 Å². The summed E-state index contributed by atoms with van der Waals surface area (Å²) in [5.41, 5.74) is -0.642. The molecule has 0 atom stereocenters. The van der Waals surface area contributed by atoms with E-state index in [1.165, 1.54) is 25.1 Å². The van der Waals surface area contributed by atoms with Gasteiger partial charge in [0, 0.05) is 11.1 Å². The van der Waals surface area contributed by atoms with Crippen molar-refractivity contribution in [1.29, 1.82) is 0 Å². The molecule has 0 radical (unpaired) electrons. The molecule has 2 aromatic carbocycles. The zero-order valence-electron chi connectivity index (χ0n) is 10.5. The largest absolute Gasteiger partial charge is 0.416 e. The minimum absolute atomic E-state index is 0.0208. The van der Waals surface area contributed by atoms with Gasteiger partial charge in [-0.15, -0.1) is 0 Å². The summed E-state index contributed by atoms with van der Waals surface area (Å²) in [6.07, 6.45) is -4.52. The standard InChI is InChI=1S/C15H10F4O/c1-9-5-6-11(8-13(9)16)14(20)10-3-2-4-12(7-10)15(17,18)19/h2-8H,1H3. The number of hydrogen-bond acceptors (Lipinski definition) is 1. The van der Waals surface area contributed by atoms with Crippen molar-refractivity contribution in [3.8, 4) is 0 Å². The summed E-state index contributed by atoms with van der Waals surface area (Å²) in [5, 5.41) is 0. The maximum absolute atomic E-state index is 13.4. The van der Waals surface area contributed by atoms with Crippen LogP contribution in [0.4, 0.5) is 17.6 Å². The predicted molar refractivity (Wildman–Crippen MR) is 66.0 cm³/mol. The summed E-state index contributed by atoms with van der Waals surface area (Å²) in [7, 11) is 0. The molecule has 0 aliphatic rings. The second-order valence-electron chi connectivity index (χ2n) is 4.37. The Bertz CT molecular complexity index is 659. The lowest BCUT2D eigenvalue weighted by Crippen LogP contribution is -2.08. The Morgan fingerprint density at radius 1 is 1.00 bits per heavy atom. The van der Waals surface area contributed by atoms with Gasteiger partial charge in [-0.3, -0.25) is 4.79 Å². The molecule has 5 heteroatoms. The number of carbonyl (C=O) groups is 1. The van der Waals surface area contributed by atoms with Crippen molar-refractivity contribution < 1.29 is 22.4 Å². The molecule has 0 saturated heterocycles. The van der Waals surface area contributed by atoms with E-state index in [1.807, 2.05) is 0 Å². The van der Waals surface area contributed by atoms with Crippen LogP contribution in [0.25, 0.3) is 0 Å². The Morgan fingerprint density at radius 2 is 1.65 bits per heavy atom. The van der Waals surface area contributed by atoms with Crippen molar-refractivity contribution in [2.24, 2.45) is 0 Å². The topological polar surface area (TPSA) is 17.1 Å². The van der Waals surface area contributed by atoms with Gasteiger partial charge in [0.25, 0.3) is 0 Å². The number of ketones is 1. The Hall–Kier alpha value is -2.17. The van der Waals surface area contributed by atoms with E-state index in [0.29, 0.717) is 5.56 Å². The molecule has 1 nitrogen and oxygen atoms in total. The van der Waals surface area contributed by atoms with Crippen LogP contribution in [0.15, 0.2) is 42.5 Å². The van der Waals surface area contributed by atoms with Crippen LogP contribution < -0.4 is 0 Å². The van der Waals surface area contributed by atoms with E-state index in [-0.39, 0.29) is 11.1 Å². The lowest BCUT2D eigenvalue weighted by molar-refractivity contribution is -0.137. The molecule has 0 unspecified atom stereocenters. The summed E-state index contributed by atoms with van der Waals surface area (Å²) >= 11 is 0. The van der Waals surface area contributed by atoms with Crippen molar-refractivity contribution in [2.75, 3.05) is 0 Å². The number of aryl methyl sites for hydroxylation is 1. The highest BCUT2D eigenvalue weighted by Gasteiger charge is 2.31. The molecule has 104 valence electrons. The van der Waals surface area contributed by atoms with Gasteiger partial charge in [-0.1, -0.05) is 24.3 Å². The van der Waals surface area contributed by atoms with Crippen LogP contribution in [0.2, 0.25) is 0 Å². The molecule has 0 bridgehead atoms.